The summed E-state index contributed by atoms with van der Waals surface area (Å²) in [5.41, 5.74) is 2.11. The van der Waals surface area contributed by atoms with E-state index in [1.54, 1.807) is 24.0 Å². The lowest BCUT2D eigenvalue weighted by molar-refractivity contribution is 0.0962. The Balaban J connectivity index is 1.90. The summed E-state index contributed by atoms with van der Waals surface area (Å²) >= 11 is 0. The average molecular weight is 457 g/mol. The van der Waals surface area contributed by atoms with Gasteiger partial charge in [-0.1, -0.05) is 20.8 Å². The molecule has 0 amide bonds. The molecule has 0 aliphatic carbocycles. The van der Waals surface area contributed by atoms with Crippen LogP contribution in [0.4, 0.5) is 4.39 Å². The van der Waals surface area contributed by atoms with Gasteiger partial charge in [0.05, 0.1) is 31.9 Å². The van der Waals surface area contributed by atoms with Crippen molar-refractivity contribution in [1.82, 2.24) is 4.90 Å². The minimum atomic E-state index is -0.619. The van der Waals surface area contributed by atoms with Crippen LogP contribution in [0.5, 0.6) is 17.2 Å². The Labute approximate surface area is 195 Å². The number of amidine groups is 1. The highest BCUT2D eigenvalue weighted by molar-refractivity contribution is 6.06. The van der Waals surface area contributed by atoms with Gasteiger partial charge in [0.2, 0.25) is 0 Å². The third kappa shape index (κ3) is 5.13. The van der Waals surface area contributed by atoms with Crippen LogP contribution in [0.2, 0.25) is 0 Å². The summed E-state index contributed by atoms with van der Waals surface area (Å²) in [6.45, 7) is 13.1. The largest absolute Gasteiger partial charge is 0.494 e. The molecular formula is C26H33FN2O4. The molecule has 0 radical (unpaired) electrons. The molecule has 0 unspecified atom stereocenters. The summed E-state index contributed by atoms with van der Waals surface area (Å²) in [6, 6.07) is 7.26. The normalized spacial score (nSPS) is 13.2. The number of Topliss-reactive ketones (excluding diaryl/α,β-unsaturated/α-hetero) is 1. The van der Waals surface area contributed by atoms with Crippen LogP contribution in [0.1, 0.15) is 68.6 Å². The second-order valence-electron chi connectivity index (χ2n) is 8.97. The number of carbonyl (C=O) groups excluding carboxylic acids is 1. The summed E-state index contributed by atoms with van der Waals surface area (Å²) in [5, 5.41) is 8.55. The smallest absolute Gasteiger partial charge is 0.197 e. The first kappa shape index (κ1) is 24.6. The van der Waals surface area contributed by atoms with Gasteiger partial charge < -0.3 is 19.1 Å². The van der Waals surface area contributed by atoms with E-state index in [1.807, 2.05) is 26.0 Å². The first-order chi connectivity index (χ1) is 15.6. The zero-order valence-electron chi connectivity index (χ0n) is 20.3. The Bertz CT molecular complexity index is 1060. The Morgan fingerprint density at radius 2 is 1.70 bits per heavy atom. The number of ether oxygens (including phenoxy) is 3. The lowest BCUT2D eigenvalue weighted by Crippen LogP contribution is -2.30. The molecule has 1 N–H and O–H groups in total. The van der Waals surface area contributed by atoms with Crippen molar-refractivity contribution >= 4 is 11.6 Å². The first-order valence-corrected chi connectivity index (χ1v) is 11.4. The Hall–Kier alpha value is -3.09. The van der Waals surface area contributed by atoms with Crippen molar-refractivity contribution in [3.63, 3.8) is 0 Å². The number of hydrogen-bond donors (Lipinski definition) is 1. The van der Waals surface area contributed by atoms with Crippen molar-refractivity contribution in [1.29, 1.82) is 5.41 Å². The quantitative estimate of drug-likeness (QED) is 0.516. The van der Waals surface area contributed by atoms with Crippen LogP contribution in [0, 0.1) is 11.2 Å². The maximum atomic E-state index is 15.3. The fraction of sp³-hybridized carbons (Fsp3) is 0.462. The highest BCUT2D eigenvalue weighted by atomic mass is 19.1. The predicted molar refractivity (Wildman–Crippen MR) is 127 cm³/mol. The van der Waals surface area contributed by atoms with Gasteiger partial charge in [-0.15, -0.1) is 0 Å². The van der Waals surface area contributed by atoms with Crippen LogP contribution >= 0.6 is 0 Å². The standard InChI is InChI=1S/C26H33FN2O4/c1-7-31-19-11-16(10-18(13-19)26(4,5)6)20(30)15-29-14-17-12-21(32-8-2)24(33-9-3)23(27)22(17)25(29)28/h10-13,28H,7-9,14-15H2,1-6H3. The van der Waals surface area contributed by atoms with Crippen molar-refractivity contribution in [3.8, 4) is 17.2 Å². The monoisotopic (exact) mass is 456 g/mol. The van der Waals surface area contributed by atoms with E-state index in [1.165, 1.54) is 0 Å². The summed E-state index contributed by atoms with van der Waals surface area (Å²) < 4.78 is 32.0. The number of benzene rings is 2. The van der Waals surface area contributed by atoms with Crippen LogP contribution in [-0.2, 0) is 12.0 Å². The lowest BCUT2D eigenvalue weighted by atomic mass is 9.85. The third-order valence-corrected chi connectivity index (χ3v) is 5.51. The highest BCUT2D eigenvalue weighted by Crippen LogP contribution is 2.39. The molecular weight excluding hydrogens is 423 g/mol. The molecule has 0 aromatic heterocycles. The molecule has 1 aliphatic rings. The zero-order valence-corrected chi connectivity index (χ0v) is 20.3. The van der Waals surface area contributed by atoms with E-state index in [4.69, 9.17) is 19.6 Å². The maximum Gasteiger partial charge on any atom is 0.197 e. The molecule has 6 nitrogen and oxygen atoms in total. The molecule has 178 valence electrons. The Morgan fingerprint density at radius 1 is 1.03 bits per heavy atom. The lowest BCUT2D eigenvalue weighted by Gasteiger charge is -2.22. The second-order valence-corrected chi connectivity index (χ2v) is 8.97. The molecule has 0 fully saturated rings. The van der Waals surface area contributed by atoms with Crippen LogP contribution in [0.25, 0.3) is 0 Å². The summed E-state index contributed by atoms with van der Waals surface area (Å²) in [5.74, 6) is 0.158. The van der Waals surface area contributed by atoms with Gasteiger partial charge in [0.25, 0.3) is 0 Å². The van der Waals surface area contributed by atoms with E-state index >= 15 is 4.39 Å². The van der Waals surface area contributed by atoms with E-state index in [-0.39, 0.29) is 48.0 Å². The fourth-order valence-corrected chi connectivity index (χ4v) is 3.87. The average Bonchev–Trinajstić information content (AvgIpc) is 3.05. The number of fused-ring (bicyclic) bond motifs is 1. The Morgan fingerprint density at radius 3 is 2.30 bits per heavy atom. The number of nitrogens with zero attached hydrogens (tertiary/aromatic N) is 1. The molecule has 0 atom stereocenters. The number of rotatable bonds is 9. The first-order valence-electron chi connectivity index (χ1n) is 11.4. The van der Waals surface area contributed by atoms with E-state index in [0.29, 0.717) is 35.8 Å². The maximum absolute atomic E-state index is 15.3. The van der Waals surface area contributed by atoms with Crippen molar-refractivity contribution in [2.75, 3.05) is 26.4 Å². The van der Waals surface area contributed by atoms with Gasteiger partial charge in [0.1, 0.15) is 11.6 Å². The topological polar surface area (TPSA) is 71.8 Å². The second kappa shape index (κ2) is 9.81. The number of hydrogen-bond acceptors (Lipinski definition) is 5. The predicted octanol–water partition coefficient (Wildman–Crippen LogP) is 5.34. The van der Waals surface area contributed by atoms with Crippen molar-refractivity contribution < 1.29 is 23.4 Å². The van der Waals surface area contributed by atoms with Crippen LogP contribution < -0.4 is 14.2 Å². The van der Waals surface area contributed by atoms with Crippen molar-refractivity contribution in [2.24, 2.45) is 0 Å². The van der Waals surface area contributed by atoms with Gasteiger partial charge >= 0.3 is 0 Å². The molecule has 3 rings (SSSR count). The highest BCUT2D eigenvalue weighted by Gasteiger charge is 2.33. The van der Waals surface area contributed by atoms with Gasteiger partial charge in [-0.3, -0.25) is 10.2 Å². The molecule has 0 spiro atoms. The number of ketones is 1. The van der Waals surface area contributed by atoms with Gasteiger partial charge in [-0.05, 0) is 61.6 Å². The SMILES string of the molecule is CCOc1cc(C(=O)CN2Cc3cc(OCC)c(OCC)c(F)c3C2=N)cc(C(C)(C)C)c1. The third-order valence-electron chi connectivity index (χ3n) is 5.51. The summed E-state index contributed by atoms with van der Waals surface area (Å²) in [4.78, 5) is 14.8. The zero-order chi connectivity index (χ0) is 24.3. The van der Waals surface area contributed by atoms with Crippen molar-refractivity contribution in [2.45, 2.75) is 53.5 Å². The molecule has 2 aromatic carbocycles. The molecule has 7 heteroatoms. The van der Waals surface area contributed by atoms with Crippen LogP contribution in [0.3, 0.4) is 0 Å². The van der Waals surface area contributed by atoms with Gasteiger partial charge in [0.15, 0.2) is 23.1 Å². The minimum absolute atomic E-state index is 0.00950. The van der Waals surface area contributed by atoms with Crippen LogP contribution in [-0.4, -0.2) is 42.9 Å². The molecule has 1 aliphatic heterocycles. The van der Waals surface area contributed by atoms with Crippen LogP contribution in [0.15, 0.2) is 24.3 Å². The molecule has 0 saturated heterocycles. The molecule has 33 heavy (non-hydrogen) atoms. The van der Waals surface area contributed by atoms with Gasteiger partial charge in [0, 0.05) is 12.1 Å². The van der Waals surface area contributed by atoms with E-state index in [2.05, 4.69) is 20.8 Å². The number of nitrogens with one attached hydrogen (secondary N) is 1. The number of halogens is 1. The minimum Gasteiger partial charge on any atom is -0.494 e. The van der Waals surface area contributed by atoms with Crippen molar-refractivity contribution in [3.05, 3.63) is 52.3 Å². The molecule has 2 aromatic rings. The van der Waals surface area contributed by atoms with Gasteiger partial charge in [-0.2, -0.15) is 0 Å². The molecule has 0 saturated carbocycles. The van der Waals surface area contributed by atoms with Gasteiger partial charge in [-0.25, -0.2) is 4.39 Å². The van der Waals surface area contributed by atoms with E-state index < -0.39 is 5.82 Å². The fourth-order valence-electron chi connectivity index (χ4n) is 3.87. The van der Waals surface area contributed by atoms with E-state index in [0.717, 1.165) is 5.56 Å². The Kier molecular flexibility index (Phi) is 7.30. The van der Waals surface area contributed by atoms with E-state index in [9.17, 15) is 4.79 Å². The number of carbonyl (C=O) groups is 1. The molecule has 0 bridgehead atoms. The summed E-state index contributed by atoms with van der Waals surface area (Å²) in [7, 11) is 0. The molecule has 1 heterocycles. The summed E-state index contributed by atoms with van der Waals surface area (Å²) in [6.07, 6.45) is 0.